The molecule has 0 amide bonds. The van der Waals surface area contributed by atoms with Crippen molar-refractivity contribution in [3.05, 3.63) is 28.5 Å². The van der Waals surface area contributed by atoms with E-state index in [1.54, 1.807) is 0 Å². The Balaban J connectivity index is 2.35. The fraction of sp³-hybridized carbons (Fsp3) is 0.462. The number of H-pyrrole nitrogens is 1. The van der Waals surface area contributed by atoms with Crippen LogP contribution in [0.5, 0.6) is 0 Å². The standard InChI is InChI=1S/C13H14F2N2S/c1-2-13(4-3-5-13)17-10-7-8(14)6-9(15)11(10)16-12(17)18/h6-7H,2-5H2,1H3,(H,16,18). The molecule has 2 nitrogen and oxygen atoms in total. The van der Waals surface area contributed by atoms with E-state index < -0.39 is 11.6 Å². The molecule has 1 aromatic carbocycles. The van der Waals surface area contributed by atoms with Gasteiger partial charge in [-0.25, -0.2) is 8.78 Å². The van der Waals surface area contributed by atoms with Crippen LogP contribution in [0.3, 0.4) is 0 Å². The summed E-state index contributed by atoms with van der Waals surface area (Å²) < 4.78 is 29.5. The number of benzene rings is 1. The molecule has 1 N–H and O–H groups in total. The summed E-state index contributed by atoms with van der Waals surface area (Å²) in [7, 11) is 0. The van der Waals surface area contributed by atoms with Crippen LogP contribution in [0.2, 0.25) is 0 Å². The third-order valence-electron chi connectivity index (χ3n) is 4.13. The second-order valence-electron chi connectivity index (χ2n) is 4.98. The number of imidazole rings is 1. The van der Waals surface area contributed by atoms with Crippen molar-refractivity contribution in [1.82, 2.24) is 9.55 Å². The maximum absolute atomic E-state index is 13.7. The summed E-state index contributed by atoms with van der Waals surface area (Å²) in [6, 6.07) is 2.25. The SMILES string of the molecule is CCC1(n2c(=S)[nH]c3c(F)cc(F)cc32)CCC1. The fourth-order valence-electron chi connectivity index (χ4n) is 2.92. The molecule has 1 aliphatic rings. The molecular formula is C13H14F2N2S. The van der Waals surface area contributed by atoms with Gasteiger partial charge in [-0.2, -0.15) is 0 Å². The average Bonchev–Trinajstić information content (AvgIpc) is 2.57. The third kappa shape index (κ3) is 1.46. The Labute approximate surface area is 109 Å². The molecule has 1 saturated carbocycles. The molecule has 1 fully saturated rings. The molecule has 3 rings (SSSR count). The van der Waals surface area contributed by atoms with Gasteiger partial charge in [0.1, 0.15) is 11.3 Å². The van der Waals surface area contributed by atoms with Gasteiger partial charge in [0.2, 0.25) is 0 Å². The van der Waals surface area contributed by atoms with E-state index in [2.05, 4.69) is 11.9 Å². The van der Waals surface area contributed by atoms with E-state index in [0.717, 1.165) is 31.7 Å². The largest absolute Gasteiger partial charge is 0.328 e. The van der Waals surface area contributed by atoms with Gasteiger partial charge in [0, 0.05) is 11.6 Å². The van der Waals surface area contributed by atoms with E-state index in [9.17, 15) is 8.78 Å². The van der Waals surface area contributed by atoms with Crippen molar-refractivity contribution in [2.75, 3.05) is 0 Å². The molecule has 1 heterocycles. The highest BCUT2D eigenvalue weighted by atomic mass is 32.1. The number of rotatable bonds is 2. The summed E-state index contributed by atoms with van der Waals surface area (Å²) in [6.07, 6.45) is 4.10. The highest BCUT2D eigenvalue weighted by molar-refractivity contribution is 7.71. The number of aromatic nitrogens is 2. The molecule has 2 aromatic rings. The van der Waals surface area contributed by atoms with Crippen molar-refractivity contribution in [1.29, 1.82) is 0 Å². The summed E-state index contributed by atoms with van der Waals surface area (Å²) in [5.74, 6) is -1.14. The van der Waals surface area contributed by atoms with E-state index in [4.69, 9.17) is 12.2 Å². The van der Waals surface area contributed by atoms with E-state index in [1.807, 2.05) is 4.57 Å². The second kappa shape index (κ2) is 3.88. The summed E-state index contributed by atoms with van der Waals surface area (Å²) in [5, 5.41) is 0. The van der Waals surface area contributed by atoms with Crippen LogP contribution in [0, 0.1) is 16.4 Å². The van der Waals surface area contributed by atoms with Crippen molar-refractivity contribution in [3.63, 3.8) is 0 Å². The molecule has 0 atom stereocenters. The summed E-state index contributed by atoms with van der Waals surface area (Å²) >= 11 is 5.29. The Bertz CT molecular complexity index is 662. The Morgan fingerprint density at radius 3 is 2.67 bits per heavy atom. The smallest absolute Gasteiger partial charge is 0.178 e. The van der Waals surface area contributed by atoms with E-state index >= 15 is 0 Å². The first kappa shape index (κ1) is 11.8. The zero-order chi connectivity index (χ0) is 12.9. The predicted molar refractivity (Wildman–Crippen MR) is 69.2 cm³/mol. The molecule has 0 saturated heterocycles. The number of fused-ring (bicyclic) bond motifs is 1. The normalized spacial score (nSPS) is 17.9. The monoisotopic (exact) mass is 268 g/mol. The lowest BCUT2D eigenvalue weighted by Gasteiger charge is -2.43. The van der Waals surface area contributed by atoms with Gasteiger partial charge in [0.05, 0.1) is 5.52 Å². The molecule has 0 unspecified atom stereocenters. The summed E-state index contributed by atoms with van der Waals surface area (Å²) in [5.41, 5.74) is 0.787. The van der Waals surface area contributed by atoms with Crippen LogP contribution in [-0.2, 0) is 5.54 Å². The molecule has 96 valence electrons. The molecule has 0 bridgehead atoms. The highest BCUT2D eigenvalue weighted by Gasteiger charge is 2.38. The lowest BCUT2D eigenvalue weighted by Crippen LogP contribution is -2.39. The molecule has 5 heteroatoms. The Kier molecular flexibility index (Phi) is 2.55. The first-order valence-electron chi connectivity index (χ1n) is 6.18. The Hall–Kier alpha value is -1.23. The minimum absolute atomic E-state index is 0.0600. The number of hydrogen-bond acceptors (Lipinski definition) is 1. The minimum atomic E-state index is -0.583. The lowest BCUT2D eigenvalue weighted by molar-refractivity contribution is 0.140. The van der Waals surface area contributed by atoms with Gasteiger partial charge in [0.15, 0.2) is 10.6 Å². The van der Waals surface area contributed by atoms with Crippen molar-refractivity contribution >= 4 is 23.3 Å². The molecular weight excluding hydrogens is 254 g/mol. The molecule has 18 heavy (non-hydrogen) atoms. The second-order valence-corrected chi connectivity index (χ2v) is 5.37. The maximum atomic E-state index is 13.7. The molecule has 0 spiro atoms. The number of nitrogens with one attached hydrogen (secondary N) is 1. The molecule has 1 aliphatic carbocycles. The minimum Gasteiger partial charge on any atom is -0.328 e. The Morgan fingerprint density at radius 2 is 2.11 bits per heavy atom. The quantitative estimate of drug-likeness (QED) is 0.807. The zero-order valence-electron chi connectivity index (χ0n) is 10.1. The van der Waals surface area contributed by atoms with Crippen molar-refractivity contribution in [2.24, 2.45) is 0 Å². The summed E-state index contributed by atoms with van der Waals surface area (Å²) in [4.78, 5) is 2.87. The van der Waals surface area contributed by atoms with Crippen LogP contribution in [-0.4, -0.2) is 9.55 Å². The molecule has 1 aromatic heterocycles. The van der Waals surface area contributed by atoms with Gasteiger partial charge in [-0.05, 0) is 44.0 Å². The number of nitrogens with zero attached hydrogens (tertiary/aromatic N) is 1. The van der Waals surface area contributed by atoms with Crippen LogP contribution < -0.4 is 0 Å². The molecule has 0 aliphatic heterocycles. The van der Waals surface area contributed by atoms with E-state index in [0.29, 0.717) is 15.8 Å². The van der Waals surface area contributed by atoms with Crippen LogP contribution in [0.25, 0.3) is 11.0 Å². The maximum Gasteiger partial charge on any atom is 0.178 e. The first-order chi connectivity index (χ1) is 8.57. The fourth-order valence-corrected chi connectivity index (χ4v) is 3.32. The third-order valence-corrected chi connectivity index (χ3v) is 4.41. The van der Waals surface area contributed by atoms with E-state index in [-0.39, 0.29) is 5.54 Å². The van der Waals surface area contributed by atoms with Crippen LogP contribution >= 0.6 is 12.2 Å². The van der Waals surface area contributed by atoms with Crippen LogP contribution in [0.1, 0.15) is 32.6 Å². The summed E-state index contributed by atoms with van der Waals surface area (Å²) in [6.45, 7) is 2.09. The van der Waals surface area contributed by atoms with E-state index in [1.165, 1.54) is 6.07 Å². The van der Waals surface area contributed by atoms with Gasteiger partial charge in [0.25, 0.3) is 0 Å². The van der Waals surface area contributed by atoms with Crippen LogP contribution in [0.4, 0.5) is 8.78 Å². The van der Waals surface area contributed by atoms with Crippen LogP contribution in [0.15, 0.2) is 12.1 Å². The van der Waals surface area contributed by atoms with Gasteiger partial charge in [-0.1, -0.05) is 6.92 Å². The lowest BCUT2D eigenvalue weighted by atomic mass is 9.74. The predicted octanol–water partition coefficient (Wildman–Crippen LogP) is 4.27. The Morgan fingerprint density at radius 1 is 1.39 bits per heavy atom. The number of aromatic amines is 1. The average molecular weight is 268 g/mol. The van der Waals surface area contributed by atoms with Crippen molar-refractivity contribution in [3.8, 4) is 0 Å². The number of halogens is 2. The number of hydrogen-bond donors (Lipinski definition) is 1. The topological polar surface area (TPSA) is 20.7 Å². The van der Waals surface area contributed by atoms with Crippen molar-refractivity contribution in [2.45, 2.75) is 38.1 Å². The van der Waals surface area contributed by atoms with Gasteiger partial charge in [-0.3, -0.25) is 0 Å². The van der Waals surface area contributed by atoms with Crippen molar-refractivity contribution < 1.29 is 8.78 Å². The van der Waals surface area contributed by atoms with Gasteiger partial charge < -0.3 is 9.55 Å². The van der Waals surface area contributed by atoms with Gasteiger partial charge in [-0.15, -0.1) is 0 Å². The first-order valence-corrected chi connectivity index (χ1v) is 6.58. The highest BCUT2D eigenvalue weighted by Crippen LogP contribution is 2.44. The zero-order valence-corrected chi connectivity index (χ0v) is 10.9. The van der Waals surface area contributed by atoms with Gasteiger partial charge >= 0.3 is 0 Å². The molecule has 0 radical (unpaired) electrons.